The minimum Gasteiger partial charge on any atom is -0.362 e. The van der Waals surface area contributed by atoms with Crippen molar-refractivity contribution in [3.63, 3.8) is 0 Å². The van der Waals surface area contributed by atoms with Crippen molar-refractivity contribution in [3.05, 3.63) is 29.8 Å². The van der Waals surface area contributed by atoms with Gasteiger partial charge in [0.1, 0.15) is 0 Å². The second kappa shape index (κ2) is 6.87. The maximum atomic E-state index is 5.35. The lowest BCUT2D eigenvalue weighted by Crippen LogP contribution is -3.07. The van der Waals surface area contributed by atoms with Crippen molar-refractivity contribution in [3.8, 4) is 0 Å². The molecule has 4 heteroatoms. The van der Waals surface area contributed by atoms with Crippen molar-refractivity contribution < 1.29 is 4.90 Å². The van der Waals surface area contributed by atoms with Crippen LogP contribution in [-0.4, -0.2) is 32.3 Å². The molecule has 0 unspecified atom stereocenters. The zero-order chi connectivity index (χ0) is 14.5. The van der Waals surface area contributed by atoms with E-state index in [1.54, 1.807) is 0 Å². The van der Waals surface area contributed by atoms with Crippen LogP contribution in [0.2, 0.25) is 0 Å². The van der Waals surface area contributed by atoms with Crippen LogP contribution in [0.1, 0.15) is 19.4 Å². The number of hydrogen-bond acceptors (Lipinski definition) is 1. The highest BCUT2D eigenvalue weighted by atomic mass is 32.1. The predicted octanol–water partition coefficient (Wildman–Crippen LogP) is 1.45. The highest BCUT2D eigenvalue weighted by molar-refractivity contribution is 7.80. The van der Waals surface area contributed by atoms with Crippen LogP contribution in [0.15, 0.2) is 24.3 Å². The highest BCUT2D eigenvalue weighted by Gasteiger charge is 2.21. The van der Waals surface area contributed by atoms with Crippen LogP contribution in [-0.2, 0) is 0 Å². The standard InChI is InChI=1S/C15H25N3S/c1-12-8-6-7-9-13(12)17-14(19)16-10-15(2,3)11-18(4)5/h6-9H,10-11H2,1-5H3,(H2,16,17,19)/p+1. The number of para-hydroxylation sites is 1. The number of rotatable bonds is 5. The van der Waals surface area contributed by atoms with Crippen molar-refractivity contribution in [1.29, 1.82) is 0 Å². The molecule has 1 aromatic rings. The number of aryl methyl sites for hydroxylation is 1. The normalized spacial score (nSPS) is 11.5. The topological polar surface area (TPSA) is 28.5 Å². The Bertz CT molecular complexity index is 427. The van der Waals surface area contributed by atoms with Crippen LogP contribution in [0, 0.1) is 12.3 Å². The molecule has 3 nitrogen and oxygen atoms in total. The second-order valence-electron chi connectivity index (χ2n) is 6.17. The van der Waals surface area contributed by atoms with E-state index >= 15 is 0 Å². The van der Waals surface area contributed by atoms with E-state index in [2.05, 4.69) is 51.6 Å². The summed E-state index contributed by atoms with van der Waals surface area (Å²) < 4.78 is 0. The summed E-state index contributed by atoms with van der Waals surface area (Å²) in [6.07, 6.45) is 0. The summed E-state index contributed by atoms with van der Waals surface area (Å²) in [6, 6.07) is 8.15. The van der Waals surface area contributed by atoms with Crippen LogP contribution in [0.5, 0.6) is 0 Å². The fourth-order valence-electron chi connectivity index (χ4n) is 2.22. The van der Waals surface area contributed by atoms with E-state index in [1.165, 1.54) is 10.5 Å². The number of quaternary nitrogens is 1. The van der Waals surface area contributed by atoms with Gasteiger partial charge in [0.05, 0.1) is 20.6 Å². The van der Waals surface area contributed by atoms with E-state index in [9.17, 15) is 0 Å². The van der Waals surface area contributed by atoms with Crippen LogP contribution in [0.3, 0.4) is 0 Å². The van der Waals surface area contributed by atoms with Crippen LogP contribution < -0.4 is 15.5 Å². The molecule has 0 aromatic heterocycles. The molecule has 0 spiro atoms. The van der Waals surface area contributed by atoms with Gasteiger partial charge in [0.25, 0.3) is 0 Å². The molecule has 0 amide bonds. The second-order valence-corrected chi connectivity index (χ2v) is 6.58. The van der Waals surface area contributed by atoms with Gasteiger partial charge in [0.2, 0.25) is 0 Å². The Morgan fingerprint density at radius 1 is 1.26 bits per heavy atom. The third-order valence-corrected chi connectivity index (χ3v) is 3.20. The summed E-state index contributed by atoms with van der Waals surface area (Å²) >= 11 is 5.35. The van der Waals surface area contributed by atoms with Gasteiger partial charge in [-0.1, -0.05) is 32.0 Å². The molecule has 0 aliphatic heterocycles. The Morgan fingerprint density at radius 3 is 2.47 bits per heavy atom. The van der Waals surface area contributed by atoms with Crippen molar-refractivity contribution in [2.45, 2.75) is 20.8 Å². The van der Waals surface area contributed by atoms with Crippen LogP contribution in [0.4, 0.5) is 5.69 Å². The van der Waals surface area contributed by atoms with Crippen molar-refractivity contribution in [2.24, 2.45) is 5.41 Å². The van der Waals surface area contributed by atoms with Crippen LogP contribution in [0.25, 0.3) is 0 Å². The summed E-state index contributed by atoms with van der Waals surface area (Å²) in [4.78, 5) is 1.45. The Morgan fingerprint density at radius 2 is 1.89 bits per heavy atom. The van der Waals surface area contributed by atoms with E-state index in [0.717, 1.165) is 18.8 Å². The molecule has 0 aliphatic rings. The minimum atomic E-state index is 0.219. The highest BCUT2D eigenvalue weighted by Crippen LogP contribution is 2.13. The summed E-state index contributed by atoms with van der Waals surface area (Å²) in [6.45, 7) is 8.56. The average Bonchev–Trinajstić information content (AvgIpc) is 2.28. The largest absolute Gasteiger partial charge is 0.362 e. The molecule has 0 atom stereocenters. The third-order valence-electron chi connectivity index (χ3n) is 2.95. The van der Waals surface area contributed by atoms with E-state index in [1.807, 2.05) is 18.2 Å². The predicted molar refractivity (Wildman–Crippen MR) is 86.9 cm³/mol. The molecule has 19 heavy (non-hydrogen) atoms. The molecule has 1 rings (SSSR count). The van der Waals surface area contributed by atoms with Gasteiger partial charge in [-0.05, 0) is 30.8 Å². The first-order chi connectivity index (χ1) is 8.80. The van der Waals surface area contributed by atoms with Gasteiger partial charge in [0, 0.05) is 17.6 Å². The molecule has 0 bridgehead atoms. The van der Waals surface area contributed by atoms with Gasteiger partial charge >= 0.3 is 0 Å². The molecule has 0 saturated carbocycles. The molecular formula is C15H26N3S+. The molecular weight excluding hydrogens is 254 g/mol. The molecule has 0 radical (unpaired) electrons. The number of nitrogens with one attached hydrogen (secondary N) is 3. The van der Waals surface area contributed by atoms with Gasteiger partial charge in [-0.15, -0.1) is 0 Å². The fourth-order valence-corrected chi connectivity index (χ4v) is 2.40. The van der Waals surface area contributed by atoms with Gasteiger partial charge in [-0.3, -0.25) is 0 Å². The monoisotopic (exact) mass is 280 g/mol. The Hall–Kier alpha value is -1.13. The Balaban J connectivity index is 2.46. The zero-order valence-corrected chi connectivity index (χ0v) is 13.4. The first kappa shape index (κ1) is 15.9. The smallest absolute Gasteiger partial charge is 0.170 e. The summed E-state index contributed by atoms with van der Waals surface area (Å²) in [7, 11) is 4.34. The maximum Gasteiger partial charge on any atom is 0.170 e. The first-order valence-electron chi connectivity index (χ1n) is 6.70. The van der Waals surface area contributed by atoms with Crippen molar-refractivity contribution in [2.75, 3.05) is 32.5 Å². The Labute approximate surface area is 122 Å². The summed E-state index contributed by atoms with van der Waals surface area (Å²) in [5.74, 6) is 0. The van der Waals surface area contributed by atoms with Crippen LogP contribution >= 0.6 is 12.2 Å². The van der Waals surface area contributed by atoms with Gasteiger partial charge < -0.3 is 15.5 Å². The lowest BCUT2D eigenvalue weighted by molar-refractivity contribution is -0.865. The van der Waals surface area contributed by atoms with Gasteiger partial charge in [-0.25, -0.2) is 0 Å². The van der Waals surface area contributed by atoms with Crippen molar-refractivity contribution >= 4 is 23.0 Å². The maximum absolute atomic E-state index is 5.35. The van der Waals surface area contributed by atoms with E-state index in [4.69, 9.17) is 12.2 Å². The SMILES string of the molecule is Cc1ccccc1NC(=S)NCC(C)(C)C[NH+](C)C. The lowest BCUT2D eigenvalue weighted by atomic mass is 9.93. The van der Waals surface area contributed by atoms with E-state index in [-0.39, 0.29) is 5.41 Å². The van der Waals surface area contributed by atoms with Crippen molar-refractivity contribution in [1.82, 2.24) is 5.32 Å². The fraction of sp³-hybridized carbons (Fsp3) is 0.533. The third kappa shape index (κ3) is 6.03. The number of benzene rings is 1. The Kier molecular flexibility index (Phi) is 5.76. The zero-order valence-electron chi connectivity index (χ0n) is 12.6. The van der Waals surface area contributed by atoms with Gasteiger partial charge in [-0.2, -0.15) is 0 Å². The molecule has 0 heterocycles. The summed E-state index contributed by atoms with van der Waals surface area (Å²) in [5, 5.41) is 7.25. The van der Waals surface area contributed by atoms with Gasteiger partial charge in [0.15, 0.2) is 5.11 Å². The molecule has 0 fully saturated rings. The number of thiocarbonyl (C=S) groups is 1. The molecule has 0 aliphatic carbocycles. The summed E-state index contributed by atoms with van der Waals surface area (Å²) in [5.41, 5.74) is 2.48. The first-order valence-corrected chi connectivity index (χ1v) is 7.10. The lowest BCUT2D eigenvalue weighted by Gasteiger charge is -2.26. The minimum absolute atomic E-state index is 0.219. The molecule has 3 N–H and O–H groups in total. The molecule has 1 aromatic carbocycles. The average molecular weight is 280 g/mol. The number of hydrogen-bond donors (Lipinski definition) is 3. The van der Waals surface area contributed by atoms with E-state index < -0.39 is 0 Å². The number of anilines is 1. The molecule has 0 saturated heterocycles. The molecule has 106 valence electrons. The quantitative estimate of drug-likeness (QED) is 0.713. The van der Waals surface area contributed by atoms with E-state index in [0.29, 0.717) is 5.11 Å².